The largest absolute Gasteiger partial charge is 0.465 e. The highest BCUT2D eigenvalue weighted by molar-refractivity contribution is 9.09. The van der Waals surface area contributed by atoms with Crippen molar-refractivity contribution < 1.29 is 19.1 Å². The molecule has 6 nitrogen and oxygen atoms in total. The molecule has 0 aromatic heterocycles. The maximum Gasteiger partial charge on any atom is 0.325 e. The Morgan fingerprint density at radius 3 is 2.38 bits per heavy atom. The van der Waals surface area contributed by atoms with Crippen LogP contribution in [0.5, 0.6) is 0 Å². The van der Waals surface area contributed by atoms with Crippen LogP contribution in [0.15, 0.2) is 12.2 Å². The van der Waals surface area contributed by atoms with Crippen LogP contribution in [0.25, 0.3) is 0 Å². The first-order chi connectivity index (χ1) is 9.81. The zero-order valence-electron chi connectivity index (χ0n) is 12.7. The van der Waals surface area contributed by atoms with E-state index >= 15 is 0 Å². The van der Waals surface area contributed by atoms with Gasteiger partial charge in [0, 0.05) is 10.9 Å². The second-order valence-corrected chi connectivity index (χ2v) is 5.48. The van der Waals surface area contributed by atoms with E-state index in [0.29, 0.717) is 17.3 Å². The summed E-state index contributed by atoms with van der Waals surface area (Å²) in [5.74, 6) is -1.09. The van der Waals surface area contributed by atoms with Gasteiger partial charge in [0.2, 0.25) is 11.8 Å². The molecule has 120 valence electrons. The van der Waals surface area contributed by atoms with E-state index < -0.39 is 17.9 Å². The molecule has 0 fully saturated rings. The molecule has 0 unspecified atom stereocenters. The molecule has 0 rings (SSSR count). The van der Waals surface area contributed by atoms with E-state index in [1.54, 1.807) is 6.92 Å². The maximum absolute atomic E-state index is 12.1. The van der Waals surface area contributed by atoms with E-state index in [1.807, 2.05) is 13.8 Å². The molecule has 0 aliphatic heterocycles. The van der Waals surface area contributed by atoms with Crippen LogP contribution in [0.3, 0.4) is 0 Å². The van der Waals surface area contributed by atoms with E-state index in [-0.39, 0.29) is 25.0 Å². The fourth-order valence-corrected chi connectivity index (χ4v) is 1.77. The SMILES string of the molecule is C=C(CBr)C(=O)N[C@H](CC(C)C)C(=O)NCC(=O)OCC. The molecule has 0 heterocycles. The maximum atomic E-state index is 12.1. The molecule has 0 aromatic carbocycles. The first kappa shape index (κ1) is 19.6. The van der Waals surface area contributed by atoms with E-state index in [1.165, 1.54) is 0 Å². The number of hydrogen-bond donors (Lipinski definition) is 2. The zero-order valence-corrected chi connectivity index (χ0v) is 14.3. The van der Waals surface area contributed by atoms with E-state index in [9.17, 15) is 14.4 Å². The lowest BCUT2D eigenvalue weighted by molar-refractivity contribution is -0.143. The second-order valence-electron chi connectivity index (χ2n) is 4.92. The molecule has 0 aliphatic carbocycles. The van der Waals surface area contributed by atoms with E-state index in [4.69, 9.17) is 4.74 Å². The monoisotopic (exact) mass is 362 g/mol. The summed E-state index contributed by atoms with van der Waals surface area (Å²) in [6.07, 6.45) is 0.468. The molecular weight excluding hydrogens is 340 g/mol. The van der Waals surface area contributed by atoms with Crippen molar-refractivity contribution in [3.8, 4) is 0 Å². The number of halogens is 1. The Morgan fingerprint density at radius 1 is 1.29 bits per heavy atom. The highest BCUT2D eigenvalue weighted by Gasteiger charge is 2.23. The number of hydrogen-bond acceptors (Lipinski definition) is 4. The van der Waals surface area contributed by atoms with Crippen molar-refractivity contribution in [1.82, 2.24) is 10.6 Å². The van der Waals surface area contributed by atoms with Crippen LogP contribution in [0, 0.1) is 5.92 Å². The Kier molecular flexibility index (Phi) is 9.69. The number of esters is 1. The third kappa shape index (κ3) is 8.49. The van der Waals surface area contributed by atoms with Gasteiger partial charge < -0.3 is 15.4 Å². The standard InChI is InChI=1S/C14H23BrN2O4/c1-5-21-12(18)8-16-14(20)11(6-9(2)3)17-13(19)10(4)7-15/h9,11H,4-8H2,1-3H3,(H,16,20)(H,17,19)/t11-/m1/s1. The molecule has 0 spiro atoms. The fourth-order valence-electron chi connectivity index (χ4n) is 1.52. The Labute approximate surface area is 133 Å². The summed E-state index contributed by atoms with van der Waals surface area (Å²) in [7, 11) is 0. The van der Waals surface area contributed by atoms with Crippen LogP contribution in [0.4, 0.5) is 0 Å². The molecular formula is C14H23BrN2O4. The van der Waals surface area contributed by atoms with E-state index in [0.717, 1.165) is 0 Å². The smallest absolute Gasteiger partial charge is 0.325 e. The number of carbonyl (C=O) groups is 3. The Balaban J connectivity index is 4.59. The van der Waals surface area contributed by atoms with Crippen LogP contribution in [-0.2, 0) is 19.1 Å². The number of rotatable bonds is 9. The molecule has 0 aromatic rings. The molecule has 7 heteroatoms. The average molecular weight is 363 g/mol. The minimum Gasteiger partial charge on any atom is -0.465 e. The van der Waals surface area contributed by atoms with Gasteiger partial charge in [-0.15, -0.1) is 0 Å². The minimum absolute atomic E-state index is 0.209. The number of nitrogens with one attached hydrogen (secondary N) is 2. The molecule has 0 bridgehead atoms. The van der Waals surface area contributed by atoms with Gasteiger partial charge in [0.25, 0.3) is 0 Å². The lowest BCUT2D eigenvalue weighted by Crippen LogP contribution is -2.49. The second kappa shape index (κ2) is 10.4. The highest BCUT2D eigenvalue weighted by atomic mass is 79.9. The first-order valence-electron chi connectivity index (χ1n) is 6.79. The fraction of sp³-hybridized carbons (Fsp3) is 0.643. The molecule has 0 radical (unpaired) electrons. The average Bonchev–Trinajstić information content (AvgIpc) is 2.42. The van der Waals surface area contributed by atoms with Crippen LogP contribution < -0.4 is 10.6 Å². The van der Waals surface area contributed by atoms with Gasteiger partial charge in [-0.2, -0.15) is 0 Å². The van der Waals surface area contributed by atoms with Gasteiger partial charge in [0.05, 0.1) is 6.61 Å². The number of ether oxygens (including phenoxy) is 1. The third-order valence-corrected chi connectivity index (χ3v) is 3.20. The molecule has 2 N–H and O–H groups in total. The van der Waals surface area contributed by atoms with Crippen molar-refractivity contribution in [2.75, 3.05) is 18.5 Å². The van der Waals surface area contributed by atoms with Crippen molar-refractivity contribution in [3.63, 3.8) is 0 Å². The lowest BCUT2D eigenvalue weighted by Gasteiger charge is -2.20. The van der Waals surface area contributed by atoms with Crippen LogP contribution in [-0.4, -0.2) is 42.3 Å². The van der Waals surface area contributed by atoms with Crippen molar-refractivity contribution in [2.24, 2.45) is 5.92 Å². The molecule has 0 saturated carbocycles. The Bertz CT molecular complexity index is 396. The first-order valence-corrected chi connectivity index (χ1v) is 7.91. The predicted molar refractivity (Wildman–Crippen MR) is 84.0 cm³/mol. The zero-order chi connectivity index (χ0) is 16.4. The third-order valence-electron chi connectivity index (χ3n) is 2.52. The van der Waals surface area contributed by atoms with Gasteiger partial charge in [-0.05, 0) is 19.3 Å². The Morgan fingerprint density at radius 2 is 1.90 bits per heavy atom. The van der Waals surface area contributed by atoms with Gasteiger partial charge in [-0.1, -0.05) is 36.4 Å². The summed E-state index contributed by atoms with van der Waals surface area (Å²) in [5, 5.41) is 5.42. The van der Waals surface area contributed by atoms with Crippen molar-refractivity contribution >= 4 is 33.7 Å². The summed E-state index contributed by atoms with van der Waals surface area (Å²) < 4.78 is 4.73. The van der Waals surface area contributed by atoms with Crippen LogP contribution >= 0.6 is 15.9 Å². The van der Waals surface area contributed by atoms with Gasteiger partial charge in [0.1, 0.15) is 12.6 Å². The van der Waals surface area contributed by atoms with Crippen molar-refractivity contribution in [3.05, 3.63) is 12.2 Å². The summed E-state index contributed by atoms with van der Waals surface area (Å²) in [6.45, 7) is 9.21. The number of alkyl halides is 1. The quantitative estimate of drug-likeness (QED) is 0.366. The van der Waals surface area contributed by atoms with Gasteiger partial charge in [-0.25, -0.2) is 0 Å². The normalized spacial score (nSPS) is 11.7. The highest BCUT2D eigenvalue weighted by Crippen LogP contribution is 2.06. The number of amides is 2. The molecule has 21 heavy (non-hydrogen) atoms. The summed E-state index contributed by atoms with van der Waals surface area (Å²) in [6, 6.07) is -0.706. The summed E-state index contributed by atoms with van der Waals surface area (Å²) >= 11 is 3.14. The van der Waals surface area contributed by atoms with Crippen molar-refractivity contribution in [1.29, 1.82) is 0 Å². The molecule has 0 aliphatic rings. The predicted octanol–water partition coefficient (Wildman–Crippen LogP) is 1.15. The van der Waals surface area contributed by atoms with Gasteiger partial charge >= 0.3 is 5.97 Å². The molecule has 2 amide bonds. The number of carbonyl (C=O) groups excluding carboxylic acids is 3. The van der Waals surface area contributed by atoms with Crippen LogP contribution in [0.1, 0.15) is 27.2 Å². The lowest BCUT2D eigenvalue weighted by atomic mass is 10.0. The van der Waals surface area contributed by atoms with Crippen molar-refractivity contribution in [2.45, 2.75) is 33.2 Å². The Hall–Kier alpha value is -1.37. The topological polar surface area (TPSA) is 84.5 Å². The van der Waals surface area contributed by atoms with Gasteiger partial charge in [0.15, 0.2) is 0 Å². The van der Waals surface area contributed by atoms with Crippen LogP contribution in [0.2, 0.25) is 0 Å². The van der Waals surface area contributed by atoms with E-state index in [2.05, 4.69) is 33.1 Å². The molecule has 1 atom stereocenters. The molecule has 0 saturated heterocycles. The minimum atomic E-state index is -0.706. The van der Waals surface area contributed by atoms with Gasteiger partial charge in [-0.3, -0.25) is 14.4 Å². The summed E-state index contributed by atoms with van der Waals surface area (Å²) in [5.41, 5.74) is 0.335. The summed E-state index contributed by atoms with van der Waals surface area (Å²) in [4.78, 5) is 35.1.